The lowest BCUT2D eigenvalue weighted by Gasteiger charge is -2.20. The third-order valence-electron chi connectivity index (χ3n) is 4.56. The Bertz CT molecular complexity index is 332. The zero-order valence-corrected chi connectivity index (χ0v) is 13.0. The number of rotatable bonds is 6. The van der Waals surface area contributed by atoms with E-state index in [1.165, 1.54) is 19.3 Å². The van der Waals surface area contributed by atoms with Crippen LogP contribution in [0.15, 0.2) is 0 Å². The molecule has 2 N–H and O–H groups in total. The standard InChI is InChI=1S/C16H29N3O2/c20-15(6-5-14-7-9-17-13-14)18-10-8-16(21)19-11-3-1-2-4-12-19/h14,17H,1-13H2,(H,18,20). The fraction of sp³-hybridized carbons (Fsp3) is 0.875. The molecule has 2 saturated heterocycles. The average molecular weight is 295 g/mol. The molecule has 0 bridgehead atoms. The van der Waals surface area contributed by atoms with Crippen molar-refractivity contribution in [3.05, 3.63) is 0 Å². The molecule has 2 rings (SSSR count). The van der Waals surface area contributed by atoms with Crippen LogP contribution in [0.2, 0.25) is 0 Å². The SMILES string of the molecule is O=C(CCC1CCNC1)NCCC(=O)N1CCCCCC1. The van der Waals surface area contributed by atoms with Gasteiger partial charge < -0.3 is 15.5 Å². The normalized spacial score (nSPS) is 22.9. The molecule has 0 aromatic carbocycles. The van der Waals surface area contributed by atoms with E-state index < -0.39 is 0 Å². The van der Waals surface area contributed by atoms with Crippen molar-refractivity contribution in [2.45, 2.75) is 51.4 Å². The molecule has 0 saturated carbocycles. The number of amides is 2. The Labute approximate surface area is 127 Å². The number of nitrogens with one attached hydrogen (secondary N) is 2. The van der Waals surface area contributed by atoms with Crippen LogP contribution >= 0.6 is 0 Å². The summed E-state index contributed by atoms with van der Waals surface area (Å²) in [5, 5.41) is 6.20. The molecule has 2 fully saturated rings. The minimum absolute atomic E-state index is 0.0885. The van der Waals surface area contributed by atoms with Crippen molar-refractivity contribution in [1.82, 2.24) is 15.5 Å². The zero-order chi connectivity index (χ0) is 14.9. The van der Waals surface area contributed by atoms with E-state index in [2.05, 4.69) is 10.6 Å². The molecular weight excluding hydrogens is 266 g/mol. The third-order valence-corrected chi connectivity index (χ3v) is 4.56. The van der Waals surface area contributed by atoms with Gasteiger partial charge in [0.05, 0.1) is 0 Å². The van der Waals surface area contributed by atoms with Gasteiger partial charge in [0, 0.05) is 32.5 Å². The first-order valence-corrected chi connectivity index (χ1v) is 8.51. The Hall–Kier alpha value is -1.10. The van der Waals surface area contributed by atoms with Gasteiger partial charge in [-0.15, -0.1) is 0 Å². The maximum Gasteiger partial charge on any atom is 0.224 e. The molecule has 2 aliphatic heterocycles. The maximum atomic E-state index is 12.1. The summed E-state index contributed by atoms with van der Waals surface area (Å²) in [5.41, 5.74) is 0. The smallest absolute Gasteiger partial charge is 0.224 e. The monoisotopic (exact) mass is 295 g/mol. The van der Waals surface area contributed by atoms with Crippen LogP contribution in [0.25, 0.3) is 0 Å². The summed E-state index contributed by atoms with van der Waals surface area (Å²) in [6.45, 7) is 4.39. The van der Waals surface area contributed by atoms with Crippen LogP contribution in [0.4, 0.5) is 0 Å². The molecule has 2 heterocycles. The largest absolute Gasteiger partial charge is 0.356 e. The number of carbonyl (C=O) groups is 2. The molecule has 21 heavy (non-hydrogen) atoms. The molecule has 2 aliphatic rings. The molecule has 0 radical (unpaired) electrons. The summed E-state index contributed by atoms with van der Waals surface area (Å²) in [6, 6.07) is 0. The van der Waals surface area contributed by atoms with E-state index >= 15 is 0 Å². The van der Waals surface area contributed by atoms with E-state index in [0.29, 0.717) is 25.3 Å². The van der Waals surface area contributed by atoms with E-state index in [4.69, 9.17) is 0 Å². The molecule has 5 nitrogen and oxygen atoms in total. The summed E-state index contributed by atoms with van der Waals surface area (Å²) >= 11 is 0. The molecule has 120 valence electrons. The maximum absolute atomic E-state index is 12.1. The van der Waals surface area contributed by atoms with Gasteiger partial charge in [0.25, 0.3) is 0 Å². The van der Waals surface area contributed by atoms with E-state index in [9.17, 15) is 9.59 Å². The molecule has 5 heteroatoms. The summed E-state index contributed by atoms with van der Waals surface area (Å²) in [5.74, 6) is 0.928. The van der Waals surface area contributed by atoms with Crippen molar-refractivity contribution >= 4 is 11.8 Å². The number of hydrogen-bond acceptors (Lipinski definition) is 3. The Morgan fingerprint density at radius 1 is 1.10 bits per heavy atom. The van der Waals surface area contributed by atoms with E-state index in [1.807, 2.05) is 4.90 Å². The summed E-state index contributed by atoms with van der Waals surface area (Å²) in [7, 11) is 0. The van der Waals surface area contributed by atoms with E-state index in [0.717, 1.165) is 45.4 Å². The van der Waals surface area contributed by atoms with Gasteiger partial charge in [0.1, 0.15) is 0 Å². The summed E-state index contributed by atoms with van der Waals surface area (Å²) < 4.78 is 0. The predicted octanol–water partition coefficient (Wildman–Crippen LogP) is 1.29. The van der Waals surface area contributed by atoms with Gasteiger partial charge in [0.15, 0.2) is 0 Å². The van der Waals surface area contributed by atoms with Crippen LogP contribution in [-0.4, -0.2) is 49.4 Å². The first-order valence-electron chi connectivity index (χ1n) is 8.51. The lowest BCUT2D eigenvalue weighted by molar-refractivity contribution is -0.131. The third kappa shape index (κ3) is 6.04. The Morgan fingerprint density at radius 3 is 2.52 bits per heavy atom. The lowest BCUT2D eigenvalue weighted by Crippen LogP contribution is -2.35. The highest BCUT2D eigenvalue weighted by molar-refractivity contribution is 5.79. The topological polar surface area (TPSA) is 61.4 Å². The van der Waals surface area contributed by atoms with E-state index in [-0.39, 0.29) is 11.8 Å². The van der Waals surface area contributed by atoms with Crippen molar-refractivity contribution in [3.63, 3.8) is 0 Å². The summed E-state index contributed by atoms with van der Waals surface area (Å²) in [6.07, 6.45) is 7.87. The van der Waals surface area contributed by atoms with Crippen LogP contribution < -0.4 is 10.6 Å². The van der Waals surface area contributed by atoms with Crippen LogP contribution in [0, 0.1) is 5.92 Å². The van der Waals surface area contributed by atoms with E-state index in [1.54, 1.807) is 0 Å². The van der Waals surface area contributed by atoms with Gasteiger partial charge in [-0.1, -0.05) is 12.8 Å². The quantitative estimate of drug-likeness (QED) is 0.776. The molecule has 0 aliphatic carbocycles. The molecule has 0 spiro atoms. The second-order valence-electron chi connectivity index (χ2n) is 6.29. The van der Waals surface area contributed by atoms with Gasteiger partial charge in [0.2, 0.25) is 11.8 Å². The van der Waals surface area contributed by atoms with Crippen molar-refractivity contribution in [1.29, 1.82) is 0 Å². The highest BCUT2D eigenvalue weighted by Gasteiger charge is 2.17. The predicted molar refractivity (Wildman–Crippen MR) is 82.9 cm³/mol. The van der Waals surface area contributed by atoms with Gasteiger partial charge in [-0.2, -0.15) is 0 Å². The minimum atomic E-state index is 0.0885. The first-order chi connectivity index (χ1) is 10.3. The molecule has 1 unspecified atom stereocenters. The fourth-order valence-corrected chi connectivity index (χ4v) is 3.17. The number of likely N-dealkylation sites (tertiary alicyclic amines) is 1. The second-order valence-corrected chi connectivity index (χ2v) is 6.29. The van der Waals surface area contributed by atoms with Crippen molar-refractivity contribution < 1.29 is 9.59 Å². The average Bonchev–Trinajstić information content (AvgIpc) is 2.85. The number of carbonyl (C=O) groups excluding carboxylic acids is 2. The van der Waals surface area contributed by atoms with Crippen LogP contribution in [0.5, 0.6) is 0 Å². The zero-order valence-electron chi connectivity index (χ0n) is 13.0. The van der Waals surface area contributed by atoms with Crippen LogP contribution in [0.3, 0.4) is 0 Å². The van der Waals surface area contributed by atoms with Crippen molar-refractivity contribution in [2.75, 3.05) is 32.7 Å². The fourth-order valence-electron chi connectivity index (χ4n) is 3.17. The molecule has 2 amide bonds. The molecule has 1 atom stereocenters. The Morgan fingerprint density at radius 2 is 1.86 bits per heavy atom. The van der Waals surface area contributed by atoms with Crippen LogP contribution in [-0.2, 0) is 9.59 Å². The van der Waals surface area contributed by atoms with Gasteiger partial charge in [-0.3, -0.25) is 9.59 Å². The van der Waals surface area contributed by atoms with Crippen molar-refractivity contribution in [3.8, 4) is 0 Å². The summed E-state index contributed by atoms with van der Waals surface area (Å²) in [4.78, 5) is 25.8. The highest BCUT2D eigenvalue weighted by Crippen LogP contribution is 2.14. The second kappa shape index (κ2) is 9.03. The van der Waals surface area contributed by atoms with Crippen LogP contribution in [0.1, 0.15) is 51.4 Å². The van der Waals surface area contributed by atoms with Gasteiger partial charge in [-0.25, -0.2) is 0 Å². The molecule has 0 aromatic rings. The van der Waals surface area contributed by atoms with Gasteiger partial charge in [-0.05, 0) is 44.7 Å². The molecule has 0 aromatic heterocycles. The van der Waals surface area contributed by atoms with Crippen molar-refractivity contribution in [2.24, 2.45) is 5.92 Å². The Kier molecular flexibility index (Phi) is 7.00. The lowest BCUT2D eigenvalue weighted by atomic mass is 10.0. The Balaban J connectivity index is 1.55. The highest BCUT2D eigenvalue weighted by atomic mass is 16.2. The molecular formula is C16H29N3O2. The minimum Gasteiger partial charge on any atom is -0.356 e. The number of hydrogen-bond donors (Lipinski definition) is 2. The number of nitrogens with zero attached hydrogens (tertiary/aromatic N) is 1. The first kappa shape index (κ1) is 16.3. The van der Waals surface area contributed by atoms with Gasteiger partial charge >= 0.3 is 0 Å².